The fraction of sp³-hybridized carbons (Fsp3) is 0.538. The Labute approximate surface area is 124 Å². The zero-order valence-electron chi connectivity index (χ0n) is 11.1. The van der Waals surface area contributed by atoms with Crippen molar-refractivity contribution in [3.05, 3.63) is 23.7 Å². The van der Waals surface area contributed by atoms with Gasteiger partial charge in [0, 0.05) is 12.6 Å². The van der Waals surface area contributed by atoms with Gasteiger partial charge in [-0.2, -0.15) is 8.78 Å². The molecule has 0 aliphatic carbocycles. The van der Waals surface area contributed by atoms with Crippen LogP contribution in [0.5, 0.6) is 0 Å². The zero-order chi connectivity index (χ0) is 15.4. The number of rotatable bonds is 6. The maximum absolute atomic E-state index is 12.3. The largest absolute Gasteiger partial charge is 0.481 e. The summed E-state index contributed by atoms with van der Waals surface area (Å²) in [6.45, 7) is 0.485. The van der Waals surface area contributed by atoms with Gasteiger partial charge in [-0.25, -0.2) is 0 Å². The maximum atomic E-state index is 12.3. The van der Waals surface area contributed by atoms with Crippen molar-refractivity contribution in [1.29, 1.82) is 0 Å². The Morgan fingerprint density at radius 2 is 2.24 bits per heavy atom. The number of hydrogen-bond acceptors (Lipinski definition) is 4. The van der Waals surface area contributed by atoms with Gasteiger partial charge in [0.25, 0.3) is 11.7 Å². The molecule has 116 valence electrons. The third-order valence-electron chi connectivity index (χ3n) is 3.27. The van der Waals surface area contributed by atoms with Gasteiger partial charge >= 0.3 is 5.97 Å². The van der Waals surface area contributed by atoms with E-state index in [-0.39, 0.29) is 29.9 Å². The average molecular weight is 319 g/mol. The minimum absolute atomic E-state index is 0.0104. The monoisotopic (exact) mass is 319 g/mol. The van der Waals surface area contributed by atoms with Gasteiger partial charge in [-0.15, -0.1) is 0 Å². The molecule has 1 aliphatic heterocycles. The van der Waals surface area contributed by atoms with E-state index in [9.17, 15) is 18.4 Å². The summed E-state index contributed by atoms with van der Waals surface area (Å²) in [7, 11) is 0. The first-order valence-electron chi connectivity index (χ1n) is 6.48. The summed E-state index contributed by atoms with van der Waals surface area (Å²) in [5.41, 5.74) is 0. The second-order valence-corrected chi connectivity index (χ2v) is 5.71. The SMILES string of the molecule is O=C(O)CC1CCCN1C(=O)c1ccc(CSC(F)F)o1. The normalized spacial score (nSPS) is 18.4. The number of halogens is 2. The van der Waals surface area contributed by atoms with Crippen LogP contribution in [0.15, 0.2) is 16.5 Å². The summed E-state index contributed by atoms with van der Waals surface area (Å²) in [4.78, 5) is 24.5. The van der Waals surface area contributed by atoms with Gasteiger partial charge in [0.15, 0.2) is 5.76 Å². The van der Waals surface area contributed by atoms with E-state index in [2.05, 4.69) is 0 Å². The van der Waals surface area contributed by atoms with Gasteiger partial charge in [-0.05, 0) is 25.0 Å². The summed E-state index contributed by atoms with van der Waals surface area (Å²) in [6, 6.07) is 2.60. The van der Waals surface area contributed by atoms with Gasteiger partial charge in [-0.1, -0.05) is 11.8 Å². The van der Waals surface area contributed by atoms with Crippen LogP contribution in [0.4, 0.5) is 8.78 Å². The predicted molar refractivity (Wildman–Crippen MR) is 72.3 cm³/mol. The van der Waals surface area contributed by atoms with Crippen molar-refractivity contribution in [2.45, 2.75) is 36.8 Å². The van der Waals surface area contributed by atoms with E-state index in [0.717, 1.165) is 6.42 Å². The first-order valence-corrected chi connectivity index (χ1v) is 7.53. The summed E-state index contributed by atoms with van der Waals surface area (Å²) < 4.78 is 29.5. The second kappa shape index (κ2) is 6.93. The molecule has 0 aromatic carbocycles. The zero-order valence-corrected chi connectivity index (χ0v) is 11.9. The lowest BCUT2D eigenvalue weighted by Gasteiger charge is -2.22. The molecule has 1 unspecified atom stereocenters. The molecule has 2 rings (SSSR count). The lowest BCUT2D eigenvalue weighted by atomic mass is 10.1. The molecule has 1 fully saturated rings. The van der Waals surface area contributed by atoms with Gasteiger partial charge in [0.2, 0.25) is 0 Å². The Morgan fingerprint density at radius 1 is 1.48 bits per heavy atom. The number of hydrogen-bond donors (Lipinski definition) is 1. The number of carbonyl (C=O) groups is 2. The van der Waals surface area contributed by atoms with Crippen LogP contribution < -0.4 is 0 Å². The highest BCUT2D eigenvalue weighted by Crippen LogP contribution is 2.25. The van der Waals surface area contributed by atoms with E-state index in [1.807, 2.05) is 0 Å². The molecule has 0 radical (unpaired) electrons. The molecule has 21 heavy (non-hydrogen) atoms. The number of furan rings is 1. The molecule has 1 aromatic rings. The molecular formula is C13H15F2NO4S. The van der Waals surface area contributed by atoms with Crippen LogP contribution in [0, 0.1) is 0 Å². The highest BCUT2D eigenvalue weighted by atomic mass is 32.2. The summed E-state index contributed by atoms with van der Waals surface area (Å²) in [6.07, 6.45) is 1.30. The molecule has 2 heterocycles. The van der Waals surface area contributed by atoms with E-state index in [1.54, 1.807) is 0 Å². The Morgan fingerprint density at radius 3 is 2.90 bits per heavy atom. The smallest absolute Gasteiger partial charge is 0.305 e. The summed E-state index contributed by atoms with van der Waals surface area (Å²) >= 11 is 0.421. The van der Waals surface area contributed by atoms with Crippen molar-refractivity contribution in [1.82, 2.24) is 4.90 Å². The number of nitrogens with zero attached hydrogens (tertiary/aromatic N) is 1. The molecule has 1 saturated heterocycles. The Balaban J connectivity index is 2.00. The topological polar surface area (TPSA) is 70.8 Å². The molecular weight excluding hydrogens is 304 g/mol. The van der Waals surface area contributed by atoms with Crippen LogP contribution in [0.3, 0.4) is 0 Å². The van der Waals surface area contributed by atoms with Crippen LogP contribution in [-0.4, -0.2) is 40.2 Å². The van der Waals surface area contributed by atoms with Crippen LogP contribution in [0.2, 0.25) is 0 Å². The average Bonchev–Trinajstić information content (AvgIpc) is 3.03. The molecule has 0 bridgehead atoms. The van der Waals surface area contributed by atoms with E-state index >= 15 is 0 Å². The highest BCUT2D eigenvalue weighted by Gasteiger charge is 2.32. The Kier molecular flexibility index (Phi) is 5.22. The van der Waals surface area contributed by atoms with Gasteiger partial charge in [-0.3, -0.25) is 9.59 Å². The Hall–Kier alpha value is -1.57. The maximum Gasteiger partial charge on any atom is 0.305 e. The molecule has 0 spiro atoms. The molecule has 1 amide bonds. The fourth-order valence-electron chi connectivity index (χ4n) is 2.37. The van der Waals surface area contributed by atoms with Crippen molar-refractivity contribution >= 4 is 23.6 Å². The lowest BCUT2D eigenvalue weighted by molar-refractivity contribution is -0.137. The van der Waals surface area contributed by atoms with E-state index in [4.69, 9.17) is 9.52 Å². The molecule has 1 N–H and O–H groups in total. The number of carbonyl (C=O) groups excluding carboxylic acids is 1. The number of carboxylic acid groups (broad SMARTS) is 1. The molecule has 8 heteroatoms. The first kappa shape index (κ1) is 15.8. The molecule has 1 aromatic heterocycles. The van der Waals surface area contributed by atoms with Crippen molar-refractivity contribution in [2.75, 3.05) is 6.54 Å². The number of alkyl halides is 2. The number of aliphatic carboxylic acids is 1. The van der Waals surface area contributed by atoms with Crippen molar-refractivity contribution in [3.8, 4) is 0 Å². The fourth-order valence-corrected chi connectivity index (χ4v) is 2.82. The van der Waals surface area contributed by atoms with Gasteiger partial charge < -0.3 is 14.4 Å². The third-order valence-corrected chi connectivity index (χ3v) is 3.98. The number of likely N-dealkylation sites (tertiary alicyclic amines) is 1. The van der Waals surface area contributed by atoms with Crippen LogP contribution in [0.1, 0.15) is 35.6 Å². The Bertz CT molecular complexity index is 520. The van der Waals surface area contributed by atoms with E-state index in [1.165, 1.54) is 17.0 Å². The number of carboxylic acids is 1. The van der Waals surface area contributed by atoms with E-state index in [0.29, 0.717) is 30.5 Å². The van der Waals surface area contributed by atoms with Gasteiger partial charge in [0.1, 0.15) is 5.76 Å². The van der Waals surface area contributed by atoms with Crippen LogP contribution in [-0.2, 0) is 10.5 Å². The van der Waals surface area contributed by atoms with Crippen LogP contribution >= 0.6 is 11.8 Å². The minimum Gasteiger partial charge on any atom is -0.481 e. The minimum atomic E-state index is -2.49. The third kappa shape index (κ3) is 4.20. The van der Waals surface area contributed by atoms with Crippen LogP contribution in [0.25, 0.3) is 0 Å². The molecule has 0 saturated carbocycles. The number of thioether (sulfide) groups is 1. The molecule has 1 atom stereocenters. The van der Waals surface area contributed by atoms with Crippen molar-refractivity contribution in [2.24, 2.45) is 0 Å². The van der Waals surface area contributed by atoms with Crippen molar-refractivity contribution in [3.63, 3.8) is 0 Å². The predicted octanol–water partition coefficient (Wildman–Crippen LogP) is 2.81. The summed E-state index contributed by atoms with van der Waals surface area (Å²) in [5.74, 6) is -3.47. The second-order valence-electron chi connectivity index (χ2n) is 4.73. The standard InChI is InChI=1S/C13H15F2NO4S/c14-13(15)21-7-9-3-4-10(20-9)12(19)16-5-1-2-8(16)6-11(17)18/h3-4,8,13H,1-2,5-7H2,(H,17,18). The first-order chi connectivity index (χ1) is 9.97. The van der Waals surface area contributed by atoms with E-state index < -0.39 is 11.7 Å². The summed E-state index contributed by atoms with van der Waals surface area (Å²) in [5, 5.41) is 8.83. The quantitative estimate of drug-likeness (QED) is 0.873. The molecule has 1 aliphatic rings. The number of amides is 1. The van der Waals surface area contributed by atoms with Crippen molar-refractivity contribution < 1.29 is 27.9 Å². The highest BCUT2D eigenvalue weighted by molar-refractivity contribution is 7.98. The van der Waals surface area contributed by atoms with Gasteiger partial charge in [0.05, 0.1) is 12.2 Å². The molecule has 5 nitrogen and oxygen atoms in total. The lowest BCUT2D eigenvalue weighted by Crippen LogP contribution is -2.36.